The van der Waals surface area contributed by atoms with Crippen LogP contribution in [0.2, 0.25) is 5.02 Å². The van der Waals surface area contributed by atoms with Crippen LogP contribution < -0.4 is 25.8 Å². The van der Waals surface area contributed by atoms with Gasteiger partial charge in [-0.3, -0.25) is 34.4 Å². The molecule has 10 rings (SSSR count). The zero-order chi connectivity index (χ0) is 48.1. The summed E-state index contributed by atoms with van der Waals surface area (Å²) < 4.78 is 39.5. The average Bonchev–Trinajstić information content (AvgIpc) is 3.97. The van der Waals surface area contributed by atoms with E-state index >= 15 is 8.78 Å². The lowest BCUT2D eigenvalue weighted by Gasteiger charge is -2.46. The zero-order valence-electron chi connectivity index (χ0n) is 39.5. The molecule has 0 radical (unpaired) electrons. The molecule has 4 saturated heterocycles. The third kappa shape index (κ3) is 9.34. The quantitative estimate of drug-likeness (QED) is 0.151. The van der Waals surface area contributed by atoms with Crippen LogP contribution in [-0.2, 0) is 22.5 Å². The number of imide groups is 1. The normalized spacial score (nSPS) is 23.8. The Morgan fingerprint density at radius 2 is 1.68 bits per heavy atom. The van der Waals surface area contributed by atoms with Crippen LogP contribution in [0.1, 0.15) is 95.6 Å². The van der Waals surface area contributed by atoms with E-state index in [9.17, 15) is 19.2 Å². The predicted octanol–water partition coefficient (Wildman–Crippen LogP) is 6.04. The fourth-order valence-corrected chi connectivity index (χ4v) is 11.7. The number of imidazole rings is 1. The minimum atomic E-state index is -2.85. The number of ether oxygens (including phenoxy) is 1. The van der Waals surface area contributed by atoms with E-state index in [4.69, 9.17) is 21.4 Å². The Balaban J connectivity index is 0.713. The van der Waals surface area contributed by atoms with Gasteiger partial charge in [-0.15, -0.1) is 5.10 Å². The molecule has 8 heterocycles. The van der Waals surface area contributed by atoms with E-state index in [2.05, 4.69) is 43.0 Å². The van der Waals surface area contributed by atoms with E-state index in [0.29, 0.717) is 92.6 Å². The van der Waals surface area contributed by atoms with Crippen LogP contribution >= 0.6 is 11.6 Å². The monoisotopic (exact) mass is 970 g/mol. The molecule has 5 fully saturated rings. The van der Waals surface area contributed by atoms with Crippen molar-refractivity contribution < 1.29 is 32.7 Å². The molecule has 17 nitrogen and oxygen atoms in total. The van der Waals surface area contributed by atoms with Crippen LogP contribution in [0.4, 0.5) is 36.5 Å². The number of nitrogens with zero attached hydrogens (tertiary/aromatic N) is 9. The van der Waals surface area contributed by atoms with Crippen molar-refractivity contribution in [3.63, 3.8) is 0 Å². The summed E-state index contributed by atoms with van der Waals surface area (Å²) in [6.45, 7) is 5.75. The van der Waals surface area contributed by atoms with Gasteiger partial charge in [0.1, 0.15) is 5.69 Å². The lowest BCUT2D eigenvalue weighted by Crippen LogP contribution is -2.59. The molecule has 5 amide bonds. The van der Waals surface area contributed by atoms with Crippen LogP contribution in [0.15, 0.2) is 36.5 Å². The van der Waals surface area contributed by atoms with Gasteiger partial charge in [-0.05, 0) is 113 Å². The Kier molecular flexibility index (Phi) is 13.2. The summed E-state index contributed by atoms with van der Waals surface area (Å²) in [7, 11) is 3.47. The number of fused-ring (bicyclic) bond motifs is 2. The lowest BCUT2D eigenvalue weighted by molar-refractivity contribution is -0.134. The number of urea groups is 1. The molecule has 0 bridgehead atoms. The van der Waals surface area contributed by atoms with Crippen LogP contribution in [0, 0.1) is 18.8 Å². The van der Waals surface area contributed by atoms with E-state index < -0.39 is 18.0 Å². The van der Waals surface area contributed by atoms with E-state index in [1.165, 1.54) is 4.90 Å². The first-order chi connectivity index (χ1) is 33.3. The number of nitrogens with one attached hydrogen (secondary N) is 3. The highest BCUT2D eigenvalue weighted by Gasteiger charge is 2.48. The van der Waals surface area contributed by atoms with E-state index in [0.717, 1.165) is 73.9 Å². The molecular weight excluding hydrogens is 910 g/mol. The first kappa shape index (κ1) is 47.2. The molecule has 0 spiro atoms. The number of hydrogen-bond acceptors (Lipinski definition) is 12. The molecule has 3 atom stereocenters. The number of piperidine rings is 3. The maximum atomic E-state index is 16.2. The minimum absolute atomic E-state index is 0.00489. The molecule has 3 N–H and O–H groups in total. The summed E-state index contributed by atoms with van der Waals surface area (Å²) >= 11 is 6.52. The molecule has 5 aliphatic heterocycles. The summed E-state index contributed by atoms with van der Waals surface area (Å²) in [6.07, 6.45) is 9.09. The van der Waals surface area contributed by atoms with Crippen molar-refractivity contribution in [2.45, 2.75) is 102 Å². The fraction of sp³-hybridized carbons (Fsp3) is 0.571. The van der Waals surface area contributed by atoms with Gasteiger partial charge in [0.05, 0.1) is 53.0 Å². The van der Waals surface area contributed by atoms with Crippen molar-refractivity contribution in [2.75, 3.05) is 81.6 Å². The third-order valence-corrected chi connectivity index (χ3v) is 16.0. The SMILES string of the molecule is CNc1cc(N2CCc3c(CN4CC[C@H](N5CCC(CC6CCN(C(=O)c7cc(N8CCC(=O)NC8=O)c(Cl)c(C)n7)CC6)CC5)C(F)(F)C4)cccc32)nn2c(C(=O)NC3CC[C@H]3OC)cnc12. The van der Waals surface area contributed by atoms with Gasteiger partial charge in [0.25, 0.3) is 17.7 Å². The maximum Gasteiger partial charge on any atom is 0.328 e. The van der Waals surface area contributed by atoms with Gasteiger partial charge in [-0.25, -0.2) is 28.1 Å². The number of methoxy groups -OCH3 is 1. The number of amides is 5. The van der Waals surface area contributed by atoms with Crippen LogP contribution in [0.5, 0.6) is 0 Å². The number of anilines is 4. The number of aromatic nitrogens is 4. The highest BCUT2D eigenvalue weighted by Crippen LogP contribution is 2.40. The second-order valence-corrected chi connectivity index (χ2v) is 20.1. The summed E-state index contributed by atoms with van der Waals surface area (Å²) in [6, 6.07) is 8.16. The molecule has 1 saturated carbocycles. The molecule has 20 heteroatoms. The first-order valence-corrected chi connectivity index (χ1v) is 24.9. The van der Waals surface area contributed by atoms with Crippen molar-refractivity contribution in [3.8, 4) is 0 Å². The van der Waals surface area contributed by atoms with Crippen LogP contribution in [-0.4, -0.2) is 149 Å². The summed E-state index contributed by atoms with van der Waals surface area (Å²) in [5.74, 6) is -2.12. The maximum absolute atomic E-state index is 16.2. The van der Waals surface area contributed by atoms with E-state index in [1.807, 2.05) is 29.0 Å². The van der Waals surface area contributed by atoms with E-state index in [-0.39, 0.29) is 60.1 Å². The second-order valence-electron chi connectivity index (χ2n) is 19.7. The number of pyridine rings is 1. The van der Waals surface area contributed by atoms with Gasteiger partial charge in [0.2, 0.25) is 5.91 Å². The Hall–Kier alpha value is -5.50. The smallest absolute Gasteiger partial charge is 0.328 e. The van der Waals surface area contributed by atoms with Gasteiger partial charge < -0.3 is 25.2 Å². The Bertz CT molecular complexity index is 2630. The largest absolute Gasteiger partial charge is 0.385 e. The standard InChI is InChI=1S/C49H61ClF2N12O5/c1-29-44(50)38(63-22-15-43(65)57-48(63)68)24-36(55-29)47(67)61-19-11-31(12-20-61)23-30-9-17-60(18-10-30)41-14-16-59(28-49(41,51)52)27-32-5-4-6-37-33(32)13-21-62(37)42-25-35(53-2)45-54-26-39(64(45)58-42)46(66)56-34-7-8-40(34)69-3/h4-6,24-26,30-31,34,40-41,53H,7-23,27-28H2,1-3H3,(H,56,66)(H,57,65,68)/t34?,40-,41+/m1/s1. The lowest BCUT2D eigenvalue weighted by atomic mass is 9.82. The number of alkyl halides is 2. The van der Waals surface area contributed by atoms with Gasteiger partial charge in [0.15, 0.2) is 17.2 Å². The van der Waals surface area contributed by atoms with Crippen molar-refractivity contribution in [3.05, 3.63) is 69.8 Å². The molecule has 69 heavy (non-hydrogen) atoms. The minimum Gasteiger partial charge on any atom is -0.385 e. The number of benzene rings is 1. The van der Waals surface area contributed by atoms with Crippen LogP contribution in [0.25, 0.3) is 5.65 Å². The average molecular weight is 972 g/mol. The van der Waals surface area contributed by atoms with Gasteiger partial charge >= 0.3 is 6.03 Å². The highest BCUT2D eigenvalue weighted by atomic mass is 35.5. The fourth-order valence-electron chi connectivity index (χ4n) is 11.5. The van der Waals surface area contributed by atoms with Crippen molar-refractivity contribution in [1.82, 2.24) is 44.9 Å². The van der Waals surface area contributed by atoms with Crippen molar-refractivity contribution in [2.24, 2.45) is 11.8 Å². The Labute approximate surface area is 405 Å². The summed E-state index contributed by atoms with van der Waals surface area (Å²) in [5, 5.41) is 13.8. The topological polar surface area (TPSA) is 173 Å². The number of aryl methyl sites for hydroxylation is 1. The molecule has 1 aliphatic carbocycles. The number of hydrogen-bond donors (Lipinski definition) is 3. The number of carbonyl (C=O) groups is 4. The van der Waals surface area contributed by atoms with Gasteiger partial charge in [-0.1, -0.05) is 23.7 Å². The third-order valence-electron chi connectivity index (χ3n) is 15.5. The molecule has 1 aromatic carbocycles. The summed E-state index contributed by atoms with van der Waals surface area (Å²) in [4.78, 5) is 69.6. The number of likely N-dealkylation sites (tertiary alicyclic amines) is 3. The first-order valence-electron chi connectivity index (χ1n) is 24.5. The number of rotatable bonds is 12. The Morgan fingerprint density at radius 1 is 0.928 bits per heavy atom. The molecule has 368 valence electrons. The predicted molar refractivity (Wildman–Crippen MR) is 257 cm³/mol. The van der Waals surface area contributed by atoms with Crippen LogP contribution in [0.3, 0.4) is 0 Å². The number of halogens is 3. The van der Waals surface area contributed by atoms with Gasteiger partial charge in [-0.2, -0.15) is 0 Å². The van der Waals surface area contributed by atoms with E-state index in [1.54, 1.807) is 35.7 Å². The summed E-state index contributed by atoms with van der Waals surface area (Å²) in [5.41, 5.74) is 5.78. The second kappa shape index (κ2) is 19.4. The van der Waals surface area contributed by atoms with Gasteiger partial charge in [0, 0.05) is 71.6 Å². The van der Waals surface area contributed by atoms with Crippen molar-refractivity contribution >= 4 is 63.9 Å². The Morgan fingerprint density at radius 3 is 2.38 bits per heavy atom. The molecular formula is C49H61ClF2N12O5. The van der Waals surface area contributed by atoms with Crippen molar-refractivity contribution in [1.29, 1.82) is 0 Å². The molecule has 3 aromatic heterocycles. The zero-order valence-corrected chi connectivity index (χ0v) is 40.2. The molecule has 4 aromatic rings. The molecule has 1 unspecified atom stereocenters. The molecule has 6 aliphatic rings. The number of carbonyl (C=O) groups excluding carboxylic acids is 4. The highest BCUT2D eigenvalue weighted by molar-refractivity contribution is 6.34.